The molecule has 1 aliphatic rings. The molecule has 146 valence electrons. The van der Waals surface area contributed by atoms with Crippen molar-refractivity contribution in [3.63, 3.8) is 0 Å². The Morgan fingerprint density at radius 3 is 2.50 bits per heavy atom. The summed E-state index contributed by atoms with van der Waals surface area (Å²) in [6, 6.07) is 16.0. The molecule has 0 atom stereocenters. The van der Waals surface area contributed by atoms with E-state index in [9.17, 15) is 10.1 Å². The van der Waals surface area contributed by atoms with Gasteiger partial charge in [0.2, 0.25) is 0 Å². The van der Waals surface area contributed by atoms with E-state index in [1.807, 2.05) is 36.4 Å². The molecule has 0 unspecified atom stereocenters. The number of carbonyl (C=O) groups excluding carboxylic acids is 1. The first-order chi connectivity index (χ1) is 13.5. The van der Waals surface area contributed by atoms with Crippen molar-refractivity contribution >= 4 is 5.91 Å². The van der Waals surface area contributed by atoms with Crippen molar-refractivity contribution in [1.82, 2.24) is 14.7 Å². The molecule has 2 aromatic carbocycles. The summed E-state index contributed by atoms with van der Waals surface area (Å²) in [5.41, 5.74) is 4.36. The SMILES string of the molecule is CN1CCCN(Cc2ccc(-c3ccc(C(=O)N(C)C)cc3)c(C#N)c2)CC1. The standard InChI is InChI=1S/C23H28N4O/c1-25(2)23(28)20-8-6-19(7-9-20)22-10-5-18(15-21(22)16-24)17-27-12-4-11-26(3)13-14-27/h5-10,15H,4,11-14,17H2,1-3H3. The summed E-state index contributed by atoms with van der Waals surface area (Å²) in [6.07, 6.45) is 1.18. The Hall–Kier alpha value is -2.68. The maximum atomic E-state index is 12.1. The maximum Gasteiger partial charge on any atom is 0.253 e. The number of hydrogen-bond donors (Lipinski definition) is 0. The number of amides is 1. The van der Waals surface area contributed by atoms with Gasteiger partial charge in [-0.15, -0.1) is 0 Å². The van der Waals surface area contributed by atoms with Gasteiger partial charge < -0.3 is 9.80 Å². The summed E-state index contributed by atoms with van der Waals surface area (Å²) < 4.78 is 0. The third kappa shape index (κ3) is 4.78. The Balaban J connectivity index is 1.78. The summed E-state index contributed by atoms with van der Waals surface area (Å²) in [5.74, 6) is -0.0227. The largest absolute Gasteiger partial charge is 0.345 e. The van der Waals surface area contributed by atoms with Crippen molar-refractivity contribution in [2.24, 2.45) is 0 Å². The summed E-state index contributed by atoms with van der Waals surface area (Å²) in [7, 11) is 5.65. The number of hydrogen-bond acceptors (Lipinski definition) is 4. The minimum Gasteiger partial charge on any atom is -0.345 e. The summed E-state index contributed by atoms with van der Waals surface area (Å²) >= 11 is 0. The summed E-state index contributed by atoms with van der Waals surface area (Å²) in [5, 5.41) is 9.67. The van der Waals surface area contributed by atoms with E-state index in [1.54, 1.807) is 19.0 Å². The van der Waals surface area contributed by atoms with Crippen molar-refractivity contribution < 1.29 is 4.79 Å². The van der Waals surface area contributed by atoms with Gasteiger partial charge in [0, 0.05) is 39.3 Å². The van der Waals surface area contributed by atoms with Crippen LogP contribution in [0.3, 0.4) is 0 Å². The van der Waals surface area contributed by atoms with Gasteiger partial charge in [0.15, 0.2) is 0 Å². The Labute approximate surface area is 167 Å². The van der Waals surface area contributed by atoms with Crippen LogP contribution in [0.1, 0.15) is 27.9 Å². The van der Waals surface area contributed by atoms with Crippen LogP contribution in [0.2, 0.25) is 0 Å². The second-order valence-electron chi connectivity index (χ2n) is 7.70. The van der Waals surface area contributed by atoms with E-state index < -0.39 is 0 Å². The molecule has 5 nitrogen and oxygen atoms in total. The first kappa shape index (κ1) is 20.1. The van der Waals surface area contributed by atoms with E-state index in [0.29, 0.717) is 11.1 Å². The number of nitrogens with zero attached hydrogens (tertiary/aromatic N) is 4. The molecule has 1 fully saturated rings. The van der Waals surface area contributed by atoms with Crippen molar-refractivity contribution in [2.75, 3.05) is 47.3 Å². The van der Waals surface area contributed by atoms with Gasteiger partial charge in [0.25, 0.3) is 5.91 Å². The molecule has 1 aliphatic heterocycles. The Morgan fingerprint density at radius 2 is 1.82 bits per heavy atom. The highest BCUT2D eigenvalue weighted by Gasteiger charge is 2.14. The molecule has 0 aliphatic carbocycles. The van der Waals surface area contributed by atoms with Crippen molar-refractivity contribution in [1.29, 1.82) is 5.26 Å². The van der Waals surface area contributed by atoms with Crippen LogP contribution >= 0.6 is 0 Å². The Bertz CT molecular complexity index is 867. The molecular formula is C23H28N4O. The average molecular weight is 377 g/mol. The van der Waals surface area contributed by atoms with Crippen LogP contribution in [-0.4, -0.2) is 67.9 Å². The number of benzene rings is 2. The van der Waals surface area contributed by atoms with E-state index in [4.69, 9.17) is 0 Å². The second kappa shape index (κ2) is 9.01. The molecule has 0 saturated carbocycles. The van der Waals surface area contributed by atoms with E-state index in [2.05, 4.69) is 29.0 Å². The Kier molecular flexibility index (Phi) is 6.45. The molecule has 3 rings (SSSR count). The van der Waals surface area contributed by atoms with Gasteiger partial charge in [0.05, 0.1) is 11.6 Å². The minimum absolute atomic E-state index is 0.0227. The first-order valence-electron chi connectivity index (χ1n) is 9.74. The maximum absolute atomic E-state index is 12.1. The van der Waals surface area contributed by atoms with E-state index in [0.717, 1.165) is 43.9 Å². The van der Waals surface area contributed by atoms with Crippen LogP contribution in [0.25, 0.3) is 11.1 Å². The second-order valence-corrected chi connectivity index (χ2v) is 7.70. The van der Waals surface area contributed by atoms with Gasteiger partial charge in [-0.05, 0) is 61.4 Å². The third-order valence-corrected chi connectivity index (χ3v) is 5.27. The summed E-state index contributed by atoms with van der Waals surface area (Å²) in [6.45, 7) is 5.25. The fraction of sp³-hybridized carbons (Fsp3) is 0.391. The molecule has 0 spiro atoms. The van der Waals surface area contributed by atoms with Crippen molar-refractivity contribution in [3.05, 3.63) is 59.2 Å². The van der Waals surface area contributed by atoms with Crippen LogP contribution in [0.15, 0.2) is 42.5 Å². The van der Waals surface area contributed by atoms with Crippen LogP contribution < -0.4 is 0 Å². The number of rotatable bonds is 4. The van der Waals surface area contributed by atoms with E-state index >= 15 is 0 Å². The van der Waals surface area contributed by atoms with Gasteiger partial charge >= 0.3 is 0 Å². The molecule has 0 radical (unpaired) electrons. The van der Waals surface area contributed by atoms with Crippen LogP contribution in [0, 0.1) is 11.3 Å². The smallest absolute Gasteiger partial charge is 0.253 e. The van der Waals surface area contributed by atoms with E-state index in [-0.39, 0.29) is 5.91 Å². The zero-order valence-corrected chi connectivity index (χ0v) is 17.0. The van der Waals surface area contributed by atoms with Gasteiger partial charge in [-0.3, -0.25) is 9.69 Å². The lowest BCUT2D eigenvalue weighted by Gasteiger charge is -2.20. The average Bonchev–Trinajstić information content (AvgIpc) is 2.91. The van der Waals surface area contributed by atoms with Crippen LogP contribution in [0.5, 0.6) is 0 Å². The fourth-order valence-corrected chi connectivity index (χ4v) is 3.60. The molecule has 1 heterocycles. The molecule has 0 N–H and O–H groups in total. The third-order valence-electron chi connectivity index (χ3n) is 5.27. The van der Waals surface area contributed by atoms with Crippen LogP contribution in [0.4, 0.5) is 0 Å². The van der Waals surface area contributed by atoms with Crippen LogP contribution in [-0.2, 0) is 6.54 Å². The minimum atomic E-state index is -0.0227. The molecule has 5 heteroatoms. The molecule has 1 saturated heterocycles. The molecular weight excluding hydrogens is 348 g/mol. The zero-order chi connectivity index (χ0) is 20.1. The van der Waals surface area contributed by atoms with Gasteiger partial charge in [0.1, 0.15) is 0 Å². The highest BCUT2D eigenvalue weighted by atomic mass is 16.2. The lowest BCUT2D eigenvalue weighted by Crippen LogP contribution is -2.28. The monoisotopic (exact) mass is 376 g/mol. The predicted molar refractivity (Wildman–Crippen MR) is 112 cm³/mol. The normalized spacial score (nSPS) is 15.6. The predicted octanol–water partition coefficient (Wildman–Crippen LogP) is 3.06. The number of carbonyl (C=O) groups is 1. The summed E-state index contributed by atoms with van der Waals surface area (Å²) in [4.78, 5) is 18.4. The van der Waals surface area contributed by atoms with Crippen molar-refractivity contribution in [2.45, 2.75) is 13.0 Å². The van der Waals surface area contributed by atoms with Gasteiger partial charge in [-0.1, -0.05) is 24.3 Å². The number of likely N-dealkylation sites (N-methyl/N-ethyl adjacent to an activating group) is 1. The quantitative estimate of drug-likeness (QED) is 0.823. The number of nitriles is 1. The lowest BCUT2D eigenvalue weighted by molar-refractivity contribution is 0.0827. The fourth-order valence-electron chi connectivity index (χ4n) is 3.60. The zero-order valence-electron chi connectivity index (χ0n) is 17.0. The molecule has 2 aromatic rings. The highest BCUT2D eigenvalue weighted by Crippen LogP contribution is 2.25. The molecule has 28 heavy (non-hydrogen) atoms. The highest BCUT2D eigenvalue weighted by molar-refractivity contribution is 5.94. The van der Waals surface area contributed by atoms with Crippen molar-refractivity contribution in [3.8, 4) is 17.2 Å². The molecule has 0 bridgehead atoms. The van der Waals surface area contributed by atoms with Gasteiger partial charge in [-0.2, -0.15) is 5.26 Å². The molecule has 0 aromatic heterocycles. The van der Waals surface area contributed by atoms with Gasteiger partial charge in [-0.25, -0.2) is 0 Å². The topological polar surface area (TPSA) is 50.6 Å². The van der Waals surface area contributed by atoms with E-state index in [1.165, 1.54) is 12.0 Å². The lowest BCUT2D eigenvalue weighted by atomic mass is 9.97. The Morgan fingerprint density at radius 1 is 1.07 bits per heavy atom. The first-order valence-corrected chi connectivity index (χ1v) is 9.74. The molecule has 1 amide bonds.